The fourth-order valence-corrected chi connectivity index (χ4v) is 3.88. The molecule has 0 fully saturated rings. The molecule has 5 aromatic rings. The van der Waals surface area contributed by atoms with Gasteiger partial charge in [0.25, 0.3) is 0 Å². The number of nitriles is 1. The van der Waals surface area contributed by atoms with E-state index in [0.29, 0.717) is 5.56 Å². The van der Waals surface area contributed by atoms with Crippen LogP contribution >= 0.6 is 0 Å². The molecule has 0 aliphatic rings. The van der Waals surface area contributed by atoms with Gasteiger partial charge < -0.3 is 5.32 Å². The molecule has 4 nitrogen and oxygen atoms in total. The first-order chi connectivity index (χ1) is 15.8. The monoisotopic (exact) mass is 414 g/mol. The largest absolute Gasteiger partial charge is 0.366 e. The van der Waals surface area contributed by atoms with Crippen LogP contribution in [0.1, 0.15) is 22.4 Å². The van der Waals surface area contributed by atoms with Crippen molar-refractivity contribution < 1.29 is 0 Å². The fourth-order valence-electron chi connectivity index (χ4n) is 3.88. The third-order valence-corrected chi connectivity index (χ3v) is 5.56. The average Bonchev–Trinajstić information content (AvgIpc) is 3.20. The van der Waals surface area contributed by atoms with Crippen LogP contribution in [-0.2, 0) is 13.0 Å². The van der Waals surface area contributed by atoms with Gasteiger partial charge in [0, 0.05) is 19.2 Å². The minimum atomic E-state index is 0.660. The lowest BCUT2D eigenvalue weighted by Gasteiger charge is -2.10. The van der Waals surface area contributed by atoms with Crippen LogP contribution in [0.2, 0.25) is 0 Å². The third kappa shape index (κ3) is 4.10. The van der Waals surface area contributed by atoms with Crippen LogP contribution in [-0.4, -0.2) is 9.38 Å². The van der Waals surface area contributed by atoms with Crippen LogP contribution in [0.15, 0.2) is 103 Å². The van der Waals surface area contributed by atoms with E-state index in [1.807, 2.05) is 36.4 Å². The van der Waals surface area contributed by atoms with E-state index in [-0.39, 0.29) is 0 Å². The molecule has 4 heteroatoms. The van der Waals surface area contributed by atoms with Crippen molar-refractivity contribution in [2.24, 2.45) is 0 Å². The number of benzene rings is 3. The van der Waals surface area contributed by atoms with Crippen molar-refractivity contribution in [3.63, 3.8) is 0 Å². The number of nitrogens with one attached hydrogen (secondary N) is 1. The number of pyridine rings is 1. The average molecular weight is 415 g/mol. The summed E-state index contributed by atoms with van der Waals surface area (Å²) in [4.78, 5) is 4.94. The lowest BCUT2D eigenvalue weighted by molar-refractivity contribution is 1.05. The number of imidazole rings is 1. The molecular weight excluding hydrogens is 392 g/mol. The molecule has 0 amide bonds. The Labute approximate surface area is 187 Å². The van der Waals surface area contributed by atoms with Crippen molar-refractivity contribution in [2.45, 2.75) is 13.0 Å². The van der Waals surface area contributed by atoms with Gasteiger partial charge in [-0.3, -0.25) is 4.40 Å². The normalized spacial score (nSPS) is 10.7. The lowest BCUT2D eigenvalue weighted by Crippen LogP contribution is -2.05. The summed E-state index contributed by atoms with van der Waals surface area (Å²) in [6.07, 6.45) is 2.87. The number of anilines is 1. The van der Waals surface area contributed by atoms with Crippen LogP contribution < -0.4 is 5.32 Å². The second-order valence-corrected chi connectivity index (χ2v) is 7.74. The van der Waals surface area contributed by atoms with E-state index in [0.717, 1.165) is 41.3 Å². The summed E-state index contributed by atoms with van der Waals surface area (Å²) in [6, 6.07) is 34.8. The number of nitrogens with zero attached hydrogens (tertiary/aromatic N) is 3. The number of rotatable bonds is 6. The van der Waals surface area contributed by atoms with Crippen molar-refractivity contribution in [2.75, 3.05) is 5.32 Å². The summed E-state index contributed by atoms with van der Waals surface area (Å²) >= 11 is 0. The van der Waals surface area contributed by atoms with Gasteiger partial charge in [-0.05, 0) is 46.5 Å². The first-order valence-corrected chi connectivity index (χ1v) is 10.6. The zero-order valence-corrected chi connectivity index (χ0v) is 17.6. The molecule has 0 unspecified atom stereocenters. The lowest BCUT2D eigenvalue weighted by atomic mass is 10.1. The molecule has 5 rings (SSSR count). The van der Waals surface area contributed by atoms with E-state index in [1.165, 1.54) is 11.1 Å². The summed E-state index contributed by atoms with van der Waals surface area (Å²) < 4.78 is 2.13. The van der Waals surface area contributed by atoms with Crippen LogP contribution in [0, 0.1) is 11.3 Å². The Morgan fingerprint density at radius 1 is 0.750 bits per heavy atom. The van der Waals surface area contributed by atoms with E-state index in [2.05, 4.69) is 82.6 Å². The smallest absolute Gasteiger partial charge is 0.138 e. The highest BCUT2D eigenvalue weighted by Crippen LogP contribution is 2.26. The highest BCUT2D eigenvalue weighted by atomic mass is 15.1. The van der Waals surface area contributed by atoms with Crippen molar-refractivity contribution in [3.05, 3.63) is 126 Å². The van der Waals surface area contributed by atoms with Crippen LogP contribution in [0.4, 0.5) is 5.82 Å². The molecule has 2 aromatic heterocycles. The molecule has 1 N–H and O–H groups in total. The number of aromatic nitrogens is 2. The molecular formula is C28H22N4. The van der Waals surface area contributed by atoms with Gasteiger partial charge in [0.2, 0.25) is 0 Å². The first kappa shape index (κ1) is 19.6. The van der Waals surface area contributed by atoms with Crippen LogP contribution in [0.5, 0.6) is 0 Å². The van der Waals surface area contributed by atoms with Gasteiger partial charge in [-0.25, -0.2) is 4.98 Å². The maximum atomic E-state index is 9.08. The standard InChI is InChI=1S/C28H22N4/c29-18-22-11-13-24(14-12-22)25-15-16-27-31-26(17-21-7-3-1-4-8-21)28(32(27)20-25)30-19-23-9-5-2-6-10-23/h1-16,20,30H,17,19H2. The second-order valence-electron chi connectivity index (χ2n) is 7.74. The second kappa shape index (κ2) is 8.79. The maximum absolute atomic E-state index is 9.08. The molecule has 0 aliphatic heterocycles. The van der Waals surface area contributed by atoms with Crippen LogP contribution in [0.3, 0.4) is 0 Å². The van der Waals surface area contributed by atoms with Gasteiger partial charge in [0.05, 0.1) is 17.3 Å². The maximum Gasteiger partial charge on any atom is 0.138 e. The Bertz CT molecular complexity index is 1380. The van der Waals surface area contributed by atoms with E-state index in [1.54, 1.807) is 0 Å². The highest BCUT2D eigenvalue weighted by molar-refractivity contribution is 5.68. The zero-order valence-electron chi connectivity index (χ0n) is 17.6. The molecule has 0 aliphatic carbocycles. The SMILES string of the molecule is N#Cc1ccc(-c2ccc3nc(Cc4ccccc4)c(NCc4ccccc4)n3c2)cc1. The van der Waals surface area contributed by atoms with Gasteiger partial charge in [-0.1, -0.05) is 72.8 Å². The van der Waals surface area contributed by atoms with Gasteiger partial charge in [0.1, 0.15) is 11.5 Å². The van der Waals surface area contributed by atoms with Crippen molar-refractivity contribution in [3.8, 4) is 17.2 Å². The molecule has 3 aromatic carbocycles. The van der Waals surface area contributed by atoms with E-state index >= 15 is 0 Å². The van der Waals surface area contributed by atoms with E-state index < -0.39 is 0 Å². The predicted molar refractivity (Wildman–Crippen MR) is 128 cm³/mol. The van der Waals surface area contributed by atoms with Gasteiger partial charge in [-0.15, -0.1) is 0 Å². The Morgan fingerprint density at radius 3 is 2.09 bits per heavy atom. The summed E-state index contributed by atoms with van der Waals surface area (Å²) in [5, 5.41) is 12.7. The van der Waals surface area contributed by atoms with Gasteiger partial charge in [0.15, 0.2) is 0 Å². The topological polar surface area (TPSA) is 53.1 Å². The number of hydrogen-bond acceptors (Lipinski definition) is 3. The van der Waals surface area contributed by atoms with E-state index in [9.17, 15) is 0 Å². The highest BCUT2D eigenvalue weighted by Gasteiger charge is 2.14. The molecule has 32 heavy (non-hydrogen) atoms. The van der Waals surface area contributed by atoms with Crippen LogP contribution in [0.25, 0.3) is 16.8 Å². The minimum Gasteiger partial charge on any atom is -0.366 e. The Hall–Kier alpha value is -4.36. The number of fused-ring (bicyclic) bond motifs is 1. The molecule has 0 bridgehead atoms. The molecule has 0 spiro atoms. The Morgan fingerprint density at radius 2 is 1.41 bits per heavy atom. The molecule has 2 heterocycles. The van der Waals surface area contributed by atoms with E-state index in [4.69, 9.17) is 10.2 Å². The Kier molecular flexibility index (Phi) is 5.38. The van der Waals surface area contributed by atoms with Crippen molar-refractivity contribution >= 4 is 11.5 Å². The molecule has 0 saturated heterocycles. The van der Waals surface area contributed by atoms with Gasteiger partial charge in [-0.2, -0.15) is 5.26 Å². The molecule has 0 atom stereocenters. The molecule has 0 radical (unpaired) electrons. The summed E-state index contributed by atoms with van der Waals surface area (Å²) in [5.74, 6) is 1.00. The predicted octanol–water partition coefficient (Wildman–Crippen LogP) is 6.08. The fraction of sp³-hybridized carbons (Fsp3) is 0.0714. The number of hydrogen-bond donors (Lipinski definition) is 1. The quantitative estimate of drug-likeness (QED) is 0.367. The molecule has 154 valence electrons. The van der Waals surface area contributed by atoms with Crippen molar-refractivity contribution in [1.82, 2.24) is 9.38 Å². The summed E-state index contributed by atoms with van der Waals surface area (Å²) in [5.41, 5.74) is 7.18. The molecule has 0 saturated carbocycles. The van der Waals surface area contributed by atoms with Crippen molar-refractivity contribution in [1.29, 1.82) is 5.26 Å². The summed E-state index contributed by atoms with van der Waals surface area (Å²) in [6.45, 7) is 0.720. The summed E-state index contributed by atoms with van der Waals surface area (Å²) in [7, 11) is 0. The minimum absolute atomic E-state index is 0.660. The van der Waals surface area contributed by atoms with Gasteiger partial charge >= 0.3 is 0 Å². The zero-order chi connectivity index (χ0) is 21.8. The Balaban J connectivity index is 1.55. The third-order valence-electron chi connectivity index (χ3n) is 5.56. The first-order valence-electron chi connectivity index (χ1n) is 10.6.